The summed E-state index contributed by atoms with van der Waals surface area (Å²) in [7, 11) is 2.10. The normalized spacial score (nSPS) is 19.9. The summed E-state index contributed by atoms with van der Waals surface area (Å²) >= 11 is 0. The molecule has 0 radical (unpaired) electrons. The Morgan fingerprint density at radius 2 is 2.18 bits per heavy atom. The highest BCUT2D eigenvalue weighted by Gasteiger charge is 2.28. The number of hydrogen-bond donors (Lipinski definition) is 0. The maximum atomic E-state index is 13.7. The van der Waals surface area contributed by atoms with Gasteiger partial charge < -0.3 is 14.5 Å². The molecule has 0 unspecified atom stereocenters. The number of likely N-dealkylation sites (N-methyl/N-ethyl adjacent to an activating group) is 1. The number of halogens is 1. The van der Waals surface area contributed by atoms with Crippen molar-refractivity contribution in [2.45, 2.75) is 31.7 Å². The number of likely N-dealkylation sites (tertiary alicyclic amines) is 1. The number of fused-ring (bicyclic) bond motifs is 1. The van der Waals surface area contributed by atoms with Crippen LogP contribution in [0.25, 0.3) is 0 Å². The first-order chi connectivity index (χ1) is 13.6. The zero-order valence-electron chi connectivity index (χ0n) is 16.1. The number of carbonyl (C=O) groups is 1. The van der Waals surface area contributed by atoms with Gasteiger partial charge in [0.2, 0.25) is 0 Å². The fraction of sp³-hybridized carbons (Fsp3) is 0.476. The van der Waals surface area contributed by atoms with Gasteiger partial charge in [-0.3, -0.25) is 4.79 Å². The molecule has 1 aromatic carbocycles. The van der Waals surface area contributed by atoms with Crippen molar-refractivity contribution in [2.75, 3.05) is 33.3 Å². The minimum absolute atomic E-state index is 0.104. The quantitative estimate of drug-likeness (QED) is 0.810. The van der Waals surface area contributed by atoms with E-state index in [1.807, 2.05) is 6.20 Å². The van der Waals surface area contributed by atoms with E-state index in [1.165, 1.54) is 17.7 Å². The molecule has 0 bridgehead atoms. The lowest BCUT2D eigenvalue weighted by atomic mass is 9.96. The van der Waals surface area contributed by atoms with E-state index in [9.17, 15) is 9.18 Å². The van der Waals surface area contributed by atoms with Crippen molar-refractivity contribution in [1.82, 2.24) is 19.8 Å². The van der Waals surface area contributed by atoms with Crippen LogP contribution in [0.5, 0.6) is 5.75 Å². The molecule has 7 heteroatoms. The Morgan fingerprint density at radius 1 is 1.32 bits per heavy atom. The molecule has 0 N–H and O–H groups in total. The summed E-state index contributed by atoms with van der Waals surface area (Å²) in [6.07, 6.45) is 4.75. The van der Waals surface area contributed by atoms with Gasteiger partial charge in [-0.15, -0.1) is 0 Å². The van der Waals surface area contributed by atoms with Crippen LogP contribution in [0.1, 0.15) is 35.8 Å². The number of amides is 1. The first kappa shape index (κ1) is 18.8. The number of piperidine rings is 1. The average molecular weight is 384 g/mol. The second-order valence-electron chi connectivity index (χ2n) is 7.59. The number of hydrogen-bond acceptors (Lipinski definition) is 5. The Bertz CT molecular complexity index is 860. The van der Waals surface area contributed by atoms with E-state index in [4.69, 9.17) is 9.72 Å². The minimum Gasteiger partial charge on any atom is -0.481 e. The summed E-state index contributed by atoms with van der Waals surface area (Å²) in [5, 5.41) is 0. The summed E-state index contributed by atoms with van der Waals surface area (Å²) in [6.45, 7) is 3.00. The summed E-state index contributed by atoms with van der Waals surface area (Å²) in [4.78, 5) is 26.0. The highest BCUT2D eigenvalue weighted by Crippen LogP contribution is 2.26. The number of nitrogens with zero attached hydrogens (tertiary/aromatic N) is 4. The van der Waals surface area contributed by atoms with Crippen LogP contribution in [0.2, 0.25) is 0 Å². The van der Waals surface area contributed by atoms with E-state index in [1.54, 1.807) is 17.0 Å². The molecule has 2 aliphatic rings. The Kier molecular flexibility index (Phi) is 5.52. The number of ether oxygens (including phenoxy) is 1. The maximum absolute atomic E-state index is 13.7. The highest BCUT2D eigenvalue weighted by atomic mass is 19.1. The van der Waals surface area contributed by atoms with Gasteiger partial charge >= 0.3 is 0 Å². The molecule has 1 fully saturated rings. The molecule has 6 nitrogen and oxygen atoms in total. The SMILES string of the molecule is CN1CCc2nc([C@@H]3CCCN(C(=O)COc4ccccc4F)C3)ncc2C1. The van der Waals surface area contributed by atoms with E-state index in [2.05, 4.69) is 16.9 Å². The van der Waals surface area contributed by atoms with Crippen LogP contribution in [0.4, 0.5) is 4.39 Å². The molecule has 1 atom stereocenters. The molecule has 1 amide bonds. The first-order valence-corrected chi connectivity index (χ1v) is 9.78. The third-order valence-corrected chi connectivity index (χ3v) is 5.47. The smallest absolute Gasteiger partial charge is 0.260 e. The zero-order valence-corrected chi connectivity index (χ0v) is 16.1. The lowest BCUT2D eigenvalue weighted by Gasteiger charge is -2.32. The molecule has 28 heavy (non-hydrogen) atoms. The Hall–Kier alpha value is -2.54. The molecule has 3 heterocycles. The summed E-state index contributed by atoms with van der Waals surface area (Å²) < 4.78 is 19.0. The molecule has 1 aromatic heterocycles. The number of aromatic nitrogens is 2. The van der Waals surface area contributed by atoms with Crippen molar-refractivity contribution in [1.29, 1.82) is 0 Å². The van der Waals surface area contributed by atoms with Gasteiger partial charge in [0.25, 0.3) is 5.91 Å². The average Bonchev–Trinajstić information content (AvgIpc) is 2.72. The molecule has 0 aliphatic carbocycles. The van der Waals surface area contributed by atoms with Gasteiger partial charge in [-0.1, -0.05) is 12.1 Å². The number of rotatable bonds is 4. The van der Waals surface area contributed by atoms with E-state index >= 15 is 0 Å². The van der Waals surface area contributed by atoms with Crippen LogP contribution < -0.4 is 4.74 Å². The standard InChI is InChI=1S/C21H25FN4O2/c1-25-10-8-18-16(12-25)11-23-21(24-18)15-5-4-9-26(13-15)20(27)14-28-19-7-3-2-6-17(19)22/h2-3,6-7,11,15H,4-5,8-10,12-14H2,1H3/t15-/m1/s1. The molecule has 0 spiro atoms. The van der Waals surface area contributed by atoms with Crippen LogP contribution >= 0.6 is 0 Å². The fourth-order valence-electron chi connectivity index (χ4n) is 3.88. The van der Waals surface area contributed by atoms with Crippen molar-refractivity contribution < 1.29 is 13.9 Å². The van der Waals surface area contributed by atoms with Gasteiger partial charge in [0.1, 0.15) is 5.82 Å². The van der Waals surface area contributed by atoms with Gasteiger partial charge in [-0.2, -0.15) is 0 Å². The minimum atomic E-state index is -0.458. The van der Waals surface area contributed by atoms with Gasteiger partial charge in [0.05, 0.1) is 0 Å². The number of carbonyl (C=O) groups excluding carboxylic acids is 1. The molecular formula is C21H25FN4O2. The third kappa shape index (κ3) is 4.14. The van der Waals surface area contributed by atoms with E-state index in [0.29, 0.717) is 13.1 Å². The lowest BCUT2D eigenvalue weighted by Crippen LogP contribution is -2.42. The predicted molar refractivity (Wildman–Crippen MR) is 103 cm³/mol. The molecule has 1 saturated heterocycles. The molecular weight excluding hydrogens is 359 g/mol. The molecule has 2 aromatic rings. The van der Waals surface area contributed by atoms with Gasteiger partial charge in [0, 0.05) is 56.0 Å². The molecule has 2 aliphatic heterocycles. The second-order valence-corrected chi connectivity index (χ2v) is 7.59. The monoisotopic (exact) mass is 384 g/mol. The van der Waals surface area contributed by atoms with Crippen LogP contribution in [0, 0.1) is 5.82 Å². The summed E-state index contributed by atoms with van der Waals surface area (Å²) in [6, 6.07) is 6.13. The Labute approximate surface area is 164 Å². The first-order valence-electron chi connectivity index (χ1n) is 9.78. The van der Waals surface area contributed by atoms with Gasteiger partial charge in [0.15, 0.2) is 18.2 Å². The maximum Gasteiger partial charge on any atom is 0.260 e. The lowest BCUT2D eigenvalue weighted by molar-refractivity contribution is -0.134. The molecule has 148 valence electrons. The topological polar surface area (TPSA) is 58.6 Å². The van der Waals surface area contributed by atoms with Gasteiger partial charge in [-0.05, 0) is 32.0 Å². The van der Waals surface area contributed by atoms with E-state index in [0.717, 1.165) is 43.9 Å². The van der Waals surface area contributed by atoms with Crippen molar-refractivity contribution in [2.24, 2.45) is 0 Å². The fourth-order valence-corrected chi connectivity index (χ4v) is 3.88. The Morgan fingerprint density at radius 3 is 3.04 bits per heavy atom. The van der Waals surface area contributed by atoms with Gasteiger partial charge in [-0.25, -0.2) is 14.4 Å². The zero-order chi connectivity index (χ0) is 19.5. The van der Waals surface area contributed by atoms with Crippen molar-refractivity contribution in [3.05, 3.63) is 53.4 Å². The van der Waals surface area contributed by atoms with Crippen LogP contribution in [-0.4, -0.2) is 59.0 Å². The predicted octanol–water partition coefficient (Wildman–Crippen LogP) is 2.39. The third-order valence-electron chi connectivity index (χ3n) is 5.47. The summed E-state index contributed by atoms with van der Waals surface area (Å²) in [5.41, 5.74) is 2.33. The Balaban J connectivity index is 1.39. The van der Waals surface area contributed by atoms with Crippen LogP contribution in [-0.2, 0) is 17.8 Å². The van der Waals surface area contributed by atoms with Crippen molar-refractivity contribution in [3.8, 4) is 5.75 Å². The largest absolute Gasteiger partial charge is 0.481 e. The van der Waals surface area contributed by atoms with Crippen molar-refractivity contribution >= 4 is 5.91 Å². The second kappa shape index (κ2) is 8.22. The van der Waals surface area contributed by atoms with E-state index < -0.39 is 5.82 Å². The summed E-state index contributed by atoms with van der Waals surface area (Å²) in [5.74, 6) is 0.479. The number of benzene rings is 1. The van der Waals surface area contributed by atoms with Crippen LogP contribution in [0.3, 0.4) is 0 Å². The molecule has 4 rings (SSSR count). The van der Waals surface area contributed by atoms with Crippen molar-refractivity contribution in [3.63, 3.8) is 0 Å². The highest BCUT2D eigenvalue weighted by molar-refractivity contribution is 5.78. The van der Waals surface area contributed by atoms with Crippen LogP contribution in [0.15, 0.2) is 30.5 Å². The number of para-hydroxylation sites is 1. The molecule has 0 saturated carbocycles. The van der Waals surface area contributed by atoms with E-state index in [-0.39, 0.29) is 24.2 Å².